The Labute approximate surface area is 73.8 Å². The van der Waals surface area contributed by atoms with E-state index in [4.69, 9.17) is 4.74 Å². The van der Waals surface area contributed by atoms with Gasteiger partial charge in [-0.25, -0.2) is 0 Å². The first-order valence-electron chi connectivity index (χ1n) is 3.93. The van der Waals surface area contributed by atoms with Crippen LogP contribution in [0.4, 0.5) is 0 Å². The lowest BCUT2D eigenvalue weighted by molar-refractivity contribution is 0.403. The van der Waals surface area contributed by atoms with Gasteiger partial charge in [0.05, 0.1) is 0 Å². The standard InChI is InChI=1S/C10H6O3/c11-7-5-3-1-2-4-6(5)9-10(13-9)8(7)12/h1-4,11-12H. The molecule has 0 aliphatic carbocycles. The van der Waals surface area contributed by atoms with Gasteiger partial charge >= 0.3 is 0 Å². The molecule has 0 saturated heterocycles. The van der Waals surface area contributed by atoms with Crippen molar-refractivity contribution in [2.75, 3.05) is 0 Å². The van der Waals surface area contributed by atoms with Crippen LogP contribution in [0.3, 0.4) is 0 Å². The summed E-state index contributed by atoms with van der Waals surface area (Å²) >= 11 is 0. The van der Waals surface area contributed by atoms with Crippen molar-refractivity contribution in [2.45, 2.75) is 0 Å². The van der Waals surface area contributed by atoms with Gasteiger partial charge < -0.3 is 14.9 Å². The molecule has 1 aliphatic heterocycles. The minimum absolute atomic E-state index is 0.105. The van der Waals surface area contributed by atoms with E-state index in [0.717, 1.165) is 5.39 Å². The highest BCUT2D eigenvalue weighted by molar-refractivity contribution is 6.02. The van der Waals surface area contributed by atoms with Gasteiger partial charge in [-0.1, -0.05) is 24.3 Å². The van der Waals surface area contributed by atoms with E-state index in [9.17, 15) is 10.2 Å². The molecule has 0 bridgehead atoms. The van der Waals surface area contributed by atoms with Gasteiger partial charge in [0.25, 0.3) is 0 Å². The SMILES string of the molecule is Oc1c2c(c3ccccc3c1O)O2. The minimum atomic E-state index is -0.159. The summed E-state index contributed by atoms with van der Waals surface area (Å²) in [5.74, 6) is 0.808. The van der Waals surface area contributed by atoms with Crippen molar-refractivity contribution in [3.8, 4) is 23.0 Å². The molecule has 2 aromatic rings. The number of rotatable bonds is 0. The first kappa shape index (κ1) is 6.60. The molecule has 3 heteroatoms. The summed E-state index contributed by atoms with van der Waals surface area (Å²) in [4.78, 5) is 0. The van der Waals surface area contributed by atoms with Gasteiger partial charge in [0.15, 0.2) is 11.5 Å². The minimum Gasteiger partial charge on any atom is -0.504 e. The van der Waals surface area contributed by atoms with Crippen molar-refractivity contribution in [3.63, 3.8) is 0 Å². The van der Waals surface area contributed by atoms with Gasteiger partial charge in [-0.3, -0.25) is 0 Å². The molecule has 0 amide bonds. The fourth-order valence-corrected chi connectivity index (χ4v) is 1.53. The third-order valence-corrected chi connectivity index (χ3v) is 2.23. The predicted molar refractivity (Wildman–Crippen MR) is 47.4 cm³/mol. The van der Waals surface area contributed by atoms with E-state index in [1.54, 1.807) is 12.1 Å². The number of hydrogen-bond acceptors (Lipinski definition) is 3. The van der Waals surface area contributed by atoms with Crippen LogP contribution in [0.15, 0.2) is 24.3 Å². The van der Waals surface area contributed by atoms with E-state index in [1.165, 1.54) is 0 Å². The third-order valence-electron chi connectivity index (χ3n) is 2.23. The zero-order valence-corrected chi connectivity index (χ0v) is 6.61. The van der Waals surface area contributed by atoms with Crippen LogP contribution in [0, 0.1) is 0 Å². The summed E-state index contributed by atoms with van der Waals surface area (Å²) in [6, 6.07) is 7.25. The summed E-state index contributed by atoms with van der Waals surface area (Å²) in [6.07, 6.45) is 0. The van der Waals surface area contributed by atoms with Crippen LogP contribution in [-0.2, 0) is 0 Å². The topological polar surface area (TPSA) is 53.0 Å². The summed E-state index contributed by atoms with van der Waals surface area (Å²) < 4.78 is 5.05. The van der Waals surface area contributed by atoms with Crippen LogP contribution in [-0.4, -0.2) is 10.2 Å². The molecule has 3 nitrogen and oxygen atoms in total. The average Bonchev–Trinajstić information content (AvgIpc) is 2.94. The molecule has 0 fully saturated rings. The Morgan fingerprint density at radius 3 is 2.31 bits per heavy atom. The third kappa shape index (κ3) is 0.685. The van der Waals surface area contributed by atoms with Crippen LogP contribution in [0.5, 0.6) is 23.0 Å². The van der Waals surface area contributed by atoms with E-state index in [0.29, 0.717) is 16.9 Å². The van der Waals surface area contributed by atoms with Gasteiger partial charge in [-0.15, -0.1) is 0 Å². The normalized spacial score (nSPS) is 12.3. The smallest absolute Gasteiger partial charge is 0.216 e. The molecule has 0 radical (unpaired) electrons. The highest BCUT2D eigenvalue weighted by atomic mass is 16.6. The first-order chi connectivity index (χ1) is 6.29. The lowest BCUT2D eigenvalue weighted by Gasteiger charge is -1.97. The Morgan fingerprint density at radius 1 is 0.846 bits per heavy atom. The van der Waals surface area contributed by atoms with Gasteiger partial charge in [-0.05, 0) is 0 Å². The number of hydrogen-bond donors (Lipinski definition) is 2. The maximum absolute atomic E-state index is 9.54. The molecule has 0 aromatic heterocycles. The number of fused-ring (bicyclic) bond motifs is 3. The number of aromatic hydroxyl groups is 2. The second-order valence-corrected chi connectivity index (χ2v) is 3.00. The number of ether oxygens (including phenoxy) is 1. The van der Waals surface area contributed by atoms with Gasteiger partial charge in [0, 0.05) is 10.8 Å². The maximum atomic E-state index is 9.54. The van der Waals surface area contributed by atoms with E-state index in [-0.39, 0.29) is 11.5 Å². The second-order valence-electron chi connectivity index (χ2n) is 3.00. The number of phenols is 2. The molecular weight excluding hydrogens is 168 g/mol. The molecule has 3 rings (SSSR count). The Kier molecular flexibility index (Phi) is 0.953. The van der Waals surface area contributed by atoms with E-state index >= 15 is 0 Å². The zero-order valence-electron chi connectivity index (χ0n) is 6.61. The van der Waals surface area contributed by atoms with Crippen molar-refractivity contribution < 1.29 is 14.9 Å². The predicted octanol–water partition coefficient (Wildman–Crippen LogP) is 2.36. The molecule has 2 N–H and O–H groups in total. The van der Waals surface area contributed by atoms with Crippen molar-refractivity contribution >= 4 is 10.8 Å². The highest BCUT2D eigenvalue weighted by Crippen LogP contribution is 2.60. The first-order valence-corrected chi connectivity index (χ1v) is 3.93. The summed E-state index contributed by atoms with van der Waals surface area (Å²) in [5, 5.41) is 20.4. The molecule has 0 spiro atoms. The Balaban J connectivity index is 2.57. The van der Waals surface area contributed by atoms with Crippen LogP contribution < -0.4 is 4.74 Å². The zero-order chi connectivity index (χ0) is 9.00. The summed E-state index contributed by atoms with van der Waals surface area (Å²) in [6.45, 7) is 0. The molecule has 13 heavy (non-hydrogen) atoms. The van der Waals surface area contributed by atoms with Crippen LogP contribution in [0.2, 0.25) is 0 Å². The molecule has 0 saturated carbocycles. The summed E-state index contributed by atoms with van der Waals surface area (Å²) in [5.41, 5.74) is 0. The van der Waals surface area contributed by atoms with E-state index < -0.39 is 0 Å². The monoisotopic (exact) mass is 174 g/mol. The van der Waals surface area contributed by atoms with Gasteiger partial charge in [0.2, 0.25) is 11.5 Å². The molecule has 0 atom stereocenters. The Morgan fingerprint density at radius 2 is 1.54 bits per heavy atom. The van der Waals surface area contributed by atoms with Gasteiger partial charge in [0.1, 0.15) is 0 Å². The van der Waals surface area contributed by atoms with Crippen LogP contribution in [0.1, 0.15) is 0 Å². The van der Waals surface area contributed by atoms with Crippen molar-refractivity contribution in [2.24, 2.45) is 0 Å². The quantitative estimate of drug-likeness (QED) is 0.406. The molecule has 1 aliphatic rings. The number of benzene rings is 2. The molecule has 0 unspecified atom stereocenters. The molecule has 1 heterocycles. The largest absolute Gasteiger partial charge is 0.504 e. The Hall–Kier alpha value is -1.90. The van der Waals surface area contributed by atoms with Crippen molar-refractivity contribution in [1.82, 2.24) is 0 Å². The van der Waals surface area contributed by atoms with Crippen LogP contribution >= 0.6 is 0 Å². The molecule has 64 valence electrons. The second kappa shape index (κ2) is 1.88. The van der Waals surface area contributed by atoms with E-state index in [1.807, 2.05) is 12.1 Å². The number of phenolic OH excluding ortho intramolecular Hbond substituents is 2. The van der Waals surface area contributed by atoms with Crippen molar-refractivity contribution in [1.29, 1.82) is 0 Å². The lowest BCUT2D eigenvalue weighted by atomic mass is 10.1. The fraction of sp³-hybridized carbons (Fsp3) is 0. The van der Waals surface area contributed by atoms with Gasteiger partial charge in [-0.2, -0.15) is 0 Å². The van der Waals surface area contributed by atoms with Crippen LogP contribution in [0.25, 0.3) is 10.8 Å². The summed E-state index contributed by atoms with van der Waals surface area (Å²) in [7, 11) is 0. The lowest BCUT2D eigenvalue weighted by Crippen LogP contribution is -1.69. The molecular formula is C10H6O3. The fourth-order valence-electron chi connectivity index (χ4n) is 1.53. The molecule has 2 aromatic carbocycles. The Bertz CT molecular complexity index is 517. The highest BCUT2D eigenvalue weighted by Gasteiger charge is 2.31. The van der Waals surface area contributed by atoms with Crippen molar-refractivity contribution in [3.05, 3.63) is 24.3 Å². The van der Waals surface area contributed by atoms with E-state index in [2.05, 4.69) is 0 Å². The maximum Gasteiger partial charge on any atom is 0.216 e. The average molecular weight is 174 g/mol.